The maximum Gasteiger partial charge on any atom is 0.163 e. The predicted octanol–water partition coefficient (Wildman–Crippen LogP) is 4.99. The fourth-order valence-electron chi connectivity index (χ4n) is 3.85. The van der Waals surface area contributed by atoms with E-state index in [1.807, 2.05) is 18.2 Å². The molecule has 0 radical (unpaired) electrons. The molecule has 0 bridgehead atoms. The van der Waals surface area contributed by atoms with E-state index in [1.54, 1.807) is 13.2 Å². The summed E-state index contributed by atoms with van der Waals surface area (Å²) < 4.78 is 6.33. The van der Waals surface area contributed by atoms with Crippen LogP contribution in [0, 0.1) is 5.92 Å². The van der Waals surface area contributed by atoms with E-state index >= 15 is 0 Å². The number of rotatable bonds is 2. The second-order valence-electron chi connectivity index (χ2n) is 6.08. The second kappa shape index (κ2) is 5.60. The molecular weight excluding hydrogens is 354 g/mol. The van der Waals surface area contributed by atoms with E-state index in [0.29, 0.717) is 17.6 Å². The van der Waals surface area contributed by atoms with E-state index in [-0.39, 0.29) is 11.8 Å². The van der Waals surface area contributed by atoms with Gasteiger partial charge in [-0.05, 0) is 46.0 Å². The number of fused-ring (bicyclic) bond motifs is 3. The summed E-state index contributed by atoms with van der Waals surface area (Å²) in [5, 5.41) is 14.2. The number of allylic oxidation sites excluding steroid dienone is 2. The van der Waals surface area contributed by atoms with E-state index in [2.05, 4.69) is 45.5 Å². The Kier molecular flexibility index (Phi) is 3.57. The fourth-order valence-corrected chi connectivity index (χ4v) is 4.34. The normalized spacial score (nSPS) is 24.7. The highest BCUT2D eigenvalue weighted by molar-refractivity contribution is 9.10. The lowest BCUT2D eigenvalue weighted by molar-refractivity contribution is 0.358. The number of benzene rings is 2. The Bertz CT molecular complexity index is 787. The van der Waals surface area contributed by atoms with Gasteiger partial charge in [0.05, 0.1) is 18.8 Å². The van der Waals surface area contributed by atoms with E-state index in [4.69, 9.17) is 4.74 Å². The second-order valence-corrected chi connectivity index (χ2v) is 6.93. The molecule has 1 aliphatic carbocycles. The van der Waals surface area contributed by atoms with Gasteiger partial charge >= 0.3 is 0 Å². The number of hydrogen-bond donors (Lipinski definition) is 2. The molecule has 4 rings (SSSR count). The molecule has 1 aliphatic heterocycles. The van der Waals surface area contributed by atoms with Crippen molar-refractivity contribution in [3.8, 4) is 11.5 Å². The SMILES string of the molecule is COc1cccc(C2Nc3c(Br)cccc3C3C=CCC32)c1O. The van der Waals surface area contributed by atoms with Crippen LogP contribution in [0.15, 0.2) is 53.0 Å². The van der Waals surface area contributed by atoms with Crippen molar-refractivity contribution in [2.75, 3.05) is 12.4 Å². The third kappa shape index (κ3) is 2.24. The number of halogens is 1. The molecule has 2 aliphatic rings. The quantitative estimate of drug-likeness (QED) is 0.730. The predicted molar refractivity (Wildman–Crippen MR) is 95.2 cm³/mol. The molecule has 2 aromatic carbocycles. The highest BCUT2D eigenvalue weighted by Gasteiger charge is 2.39. The van der Waals surface area contributed by atoms with Crippen molar-refractivity contribution >= 4 is 21.6 Å². The van der Waals surface area contributed by atoms with Crippen LogP contribution < -0.4 is 10.1 Å². The van der Waals surface area contributed by atoms with E-state index < -0.39 is 0 Å². The van der Waals surface area contributed by atoms with Crippen molar-refractivity contribution < 1.29 is 9.84 Å². The first-order valence-corrected chi connectivity index (χ1v) is 8.57. The zero-order chi connectivity index (χ0) is 16.0. The minimum atomic E-state index is 0.0521. The van der Waals surface area contributed by atoms with Crippen molar-refractivity contribution in [3.05, 3.63) is 64.1 Å². The molecule has 3 atom stereocenters. The van der Waals surface area contributed by atoms with Gasteiger partial charge in [0.25, 0.3) is 0 Å². The van der Waals surface area contributed by atoms with Crippen LogP contribution in [0.5, 0.6) is 11.5 Å². The standard InChI is InChI=1S/C19H18BrNO2/c1-23-16-10-4-8-14(19(16)22)17-12-6-2-5-11(12)13-7-3-9-15(20)18(13)21-17/h2-5,7-12,17,21-22H,6H2,1H3. The number of aromatic hydroxyl groups is 1. The van der Waals surface area contributed by atoms with Crippen LogP contribution in [-0.4, -0.2) is 12.2 Å². The third-order valence-electron chi connectivity index (χ3n) is 4.93. The lowest BCUT2D eigenvalue weighted by Gasteiger charge is -2.38. The number of nitrogens with one attached hydrogen (secondary N) is 1. The maximum absolute atomic E-state index is 10.6. The number of para-hydroxylation sites is 2. The summed E-state index contributed by atoms with van der Waals surface area (Å²) in [6.07, 6.45) is 5.54. The van der Waals surface area contributed by atoms with Gasteiger partial charge in [-0.2, -0.15) is 0 Å². The first-order chi connectivity index (χ1) is 11.2. The number of anilines is 1. The summed E-state index contributed by atoms with van der Waals surface area (Å²) in [6.45, 7) is 0. The average molecular weight is 372 g/mol. The first-order valence-electron chi connectivity index (χ1n) is 7.78. The minimum absolute atomic E-state index is 0.0521. The Labute approximate surface area is 144 Å². The first kappa shape index (κ1) is 14.6. The summed E-state index contributed by atoms with van der Waals surface area (Å²) in [6, 6.07) is 12.1. The molecule has 23 heavy (non-hydrogen) atoms. The van der Waals surface area contributed by atoms with Crippen LogP contribution in [0.2, 0.25) is 0 Å². The molecule has 4 heteroatoms. The summed E-state index contributed by atoms with van der Waals surface area (Å²) in [5.41, 5.74) is 3.33. The van der Waals surface area contributed by atoms with Gasteiger partial charge in [-0.3, -0.25) is 0 Å². The lowest BCUT2D eigenvalue weighted by Crippen LogP contribution is -2.29. The van der Waals surface area contributed by atoms with Crippen molar-refractivity contribution in [2.24, 2.45) is 5.92 Å². The van der Waals surface area contributed by atoms with Crippen LogP contribution in [-0.2, 0) is 0 Å². The Morgan fingerprint density at radius 1 is 1.17 bits per heavy atom. The van der Waals surface area contributed by atoms with Crippen LogP contribution in [0.4, 0.5) is 5.69 Å². The summed E-state index contributed by atoms with van der Waals surface area (Å²) in [4.78, 5) is 0. The van der Waals surface area contributed by atoms with Gasteiger partial charge in [0.2, 0.25) is 0 Å². The van der Waals surface area contributed by atoms with Crippen LogP contribution in [0.1, 0.15) is 29.5 Å². The van der Waals surface area contributed by atoms with Gasteiger partial charge in [0.1, 0.15) is 0 Å². The van der Waals surface area contributed by atoms with Gasteiger partial charge in [-0.25, -0.2) is 0 Å². The summed E-state index contributed by atoms with van der Waals surface area (Å²) in [5.74, 6) is 1.52. The average Bonchev–Trinajstić information content (AvgIpc) is 3.05. The minimum Gasteiger partial charge on any atom is -0.504 e. The Balaban J connectivity index is 1.84. The molecule has 0 fully saturated rings. The highest BCUT2D eigenvalue weighted by Crippen LogP contribution is 2.53. The van der Waals surface area contributed by atoms with Crippen molar-refractivity contribution in [1.29, 1.82) is 0 Å². The molecule has 0 spiro atoms. The van der Waals surface area contributed by atoms with Crippen molar-refractivity contribution in [1.82, 2.24) is 0 Å². The molecular formula is C19H18BrNO2. The van der Waals surface area contributed by atoms with Gasteiger partial charge in [-0.15, -0.1) is 0 Å². The van der Waals surface area contributed by atoms with E-state index in [1.165, 1.54) is 5.56 Å². The Morgan fingerprint density at radius 2 is 1.96 bits per heavy atom. The van der Waals surface area contributed by atoms with E-state index in [9.17, 15) is 5.11 Å². The number of methoxy groups -OCH3 is 1. The topological polar surface area (TPSA) is 41.5 Å². The van der Waals surface area contributed by atoms with Crippen LogP contribution >= 0.6 is 15.9 Å². The van der Waals surface area contributed by atoms with Crippen molar-refractivity contribution in [2.45, 2.75) is 18.4 Å². The largest absolute Gasteiger partial charge is 0.504 e. The third-order valence-corrected chi connectivity index (χ3v) is 5.59. The van der Waals surface area contributed by atoms with Gasteiger partial charge in [0, 0.05) is 16.0 Å². The highest BCUT2D eigenvalue weighted by atomic mass is 79.9. The van der Waals surface area contributed by atoms with Gasteiger partial charge in [0.15, 0.2) is 11.5 Å². The zero-order valence-electron chi connectivity index (χ0n) is 12.8. The van der Waals surface area contributed by atoms with Crippen molar-refractivity contribution in [3.63, 3.8) is 0 Å². The Morgan fingerprint density at radius 3 is 2.78 bits per heavy atom. The monoisotopic (exact) mass is 371 g/mol. The molecule has 0 amide bonds. The molecule has 0 saturated heterocycles. The van der Waals surface area contributed by atoms with E-state index in [0.717, 1.165) is 22.1 Å². The van der Waals surface area contributed by atoms with Gasteiger partial charge < -0.3 is 15.2 Å². The molecule has 1 heterocycles. The number of ether oxygens (including phenoxy) is 1. The maximum atomic E-state index is 10.6. The Hall–Kier alpha value is -1.94. The molecule has 3 nitrogen and oxygen atoms in total. The number of phenols is 1. The zero-order valence-corrected chi connectivity index (χ0v) is 14.4. The molecule has 2 aromatic rings. The van der Waals surface area contributed by atoms with Gasteiger partial charge in [-0.1, -0.05) is 36.4 Å². The lowest BCUT2D eigenvalue weighted by atomic mass is 9.77. The molecule has 3 unspecified atom stereocenters. The summed E-state index contributed by atoms with van der Waals surface area (Å²) in [7, 11) is 1.58. The molecule has 2 N–H and O–H groups in total. The van der Waals surface area contributed by atoms with Crippen LogP contribution in [0.3, 0.4) is 0 Å². The van der Waals surface area contributed by atoms with Crippen LogP contribution in [0.25, 0.3) is 0 Å². The molecule has 118 valence electrons. The smallest absolute Gasteiger partial charge is 0.163 e. The number of phenolic OH excluding ortho intramolecular Hbond substituents is 1. The number of hydrogen-bond acceptors (Lipinski definition) is 3. The molecule has 0 aromatic heterocycles. The fraction of sp³-hybridized carbons (Fsp3) is 0.263. The molecule has 0 saturated carbocycles. The summed E-state index contributed by atoms with van der Waals surface area (Å²) >= 11 is 3.65.